The first-order chi connectivity index (χ1) is 16.7. The number of furan rings is 1. The fourth-order valence-electron chi connectivity index (χ4n) is 3.24. The third-order valence-corrected chi connectivity index (χ3v) is 7.06. The van der Waals surface area contributed by atoms with Crippen molar-refractivity contribution in [1.29, 1.82) is 0 Å². The first kappa shape index (κ1) is 24.6. The van der Waals surface area contributed by atoms with Gasteiger partial charge in [0.15, 0.2) is 5.69 Å². The second-order valence-corrected chi connectivity index (χ2v) is 10.2. The summed E-state index contributed by atoms with van der Waals surface area (Å²) in [5.74, 6) is -1.81. The van der Waals surface area contributed by atoms with Crippen LogP contribution in [0.4, 0.5) is 11.4 Å². The fourth-order valence-corrected chi connectivity index (χ4v) is 4.71. The van der Waals surface area contributed by atoms with E-state index in [-0.39, 0.29) is 27.9 Å². The molecule has 0 bridgehead atoms. The van der Waals surface area contributed by atoms with Crippen molar-refractivity contribution >= 4 is 67.2 Å². The molecule has 35 heavy (non-hydrogen) atoms. The second kappa shape index (κ2) is 10.0. The summed E-state index contributed by atoms with van der Waals surface area (Å²) >= 11 is 12.0. The van der Waals surface area contributed by atoms with Gasteiger partial charge in [-0.05, 0) is 42.8 Å². The highest BCUT2D eigenvalue weighted by molar-refractivity contribution is 7.91. The molecular formula is C23H18Cl2N4O5S. The van der Waals surface area contributed by atoms with E-state index in [0.717, 1.165) is 6.20 Å². The minimum absolute atomic E-state index is 0.0738. The SMILES string of the molecule is CCCS(=O)(=O)c1ncc(Cl)c(C(=O)Nc2c(C(=O)Nc3ccc(Cl)cc3)oc3ccccc23)n1. The number of para-hydroxylation sites is 1. The zero-order valence-electron chi connectivity index (χ0n) is 18.2. The Morgan fingerprint density at radius 2 is 1.71 bits per heavy atom. The van der Waals surface area contributed by atoms with Gasteiger partial charge in [-0.3, -0.25) is 9.59 Å². The summed E-state index contributed by atoms with van der Waals surface area (Å²) in [6, 6.07) is 13.2. The van der Waals surface area contributed by atoms with Gasteiger partial charge in [-0.2, -0.15) is 0 Å². The van der Waals surface area contributed by atoms with E-state index in [0.29, 0.717) is 28.1 Å². The number of aromatic nitrogens is 2. The van der Waals surface area contributed by atoms with Crippen LogP contribution < -0.4 is 10.6 Å². The van der Waals surface area contributed by atoms with E-state index in [1.54, 1.807) is 55.5 Å². The topological polar surface area (TPSA) is 131 Å². The van der Waals surface area contributed by atoms with Crippen molar-refractivity contribution in [3.63, 3.8) is 0 Å². The van der Waals surface area contributed by atoms with E-state index in [2.05, 4.69) is 20.6 Å². The summed E-state index contributed by atoms with van der Waals surface area (Å²) in [7, 11) is -3.79. The standard InChI is InChI=1S/C23H18Cl2N4O5S/c1-2-11-35(32,33)23-26-12-16(25)19(29-23)21(30)28-18-15-5-3-4-6-17(15)34-20(18)22(31)27-14-9-7-13(24)8-10-14/h3-10,12H,2,11H2,1H3,(H,27,31)(H,28,30). The van der Waals surface area contributed by atoms with Crippen LogP contribution >= 0.6 is 23.2 Å². The lowest BCUT2D eigenvalue weighted by Gasteiger charge is -2.09. The number of halogens is 2. The largest absolute Gasteiger partial charge is 0.449 e. The lowest BCUT2D eigenvalue weighted by Crippen LogP contribution is -2.20. The molecule has 0 unspecified atom stereocenters. The van der Waals surface area contributed by atoms with Gasteiger partial charge in [0.05, 0.1) is 17.0 Å². The smallest absolute Gasteiger partial charge is 0.293 e. The summed E-state index contributed by atoms with van der Waals surface area (Å²) in [5, 5.41) is 5.56. The molecule has 2 N–H and O–H groups in total. The van der Waals surface area contributed by atoms with E-state index in [1.165, 1.54) is 0 Å². The van der Waals surface area contributed by atoms with Gasteiger partial charge < -0.3 is 15.1 Å². The molecule has 2 aromatic carbocycles. The predicted octanol–water partition coefficient (Wildman–Crippen LogP) is 5.22. The van der Waals surface area contributed by atoms with Crippen LogP contribution in [0.3, 0.4) is 0 Å². The van der Waals surface area contributed by atoms with Crippen molar-refractivity contribution in [2.24, 2.45) is 0 Å². The molecule has 12 heteroatoms. The molecule has 0 aliphatic carbocycles. The lowest BCUT2D eigenvalue weighted by molar-refractivity contribution is 0.0999. The highest BCUT2D eigenvalue weighted by Gasteiger charge is 2.26. The predicted molar refractivity (Wildman–Crippen MR) is 133 cm³/mol. The van der Waals surface area contributed by atoms with Gasteiger partial charge in [0.1, 0.15) is 11.3 Å². The zero-order valence-corrected chi connectivity index (χ0v) is 20.5. The molecule has 0 aliphatic heterocycles. The normalized spacial score (nSPS) is 11.4. The Labute approximate surface area is 210 Å². The van der Waals surface area contributed by atoms with Gasteiger partial charge in [0.25, 0.3) is 11.8 Å². The Hall–Kier alpha value is -3.47. The van der Waals surface area contributed by atoms with Gasteiger partial charge in [0.2, 0.25) is 20.8 Å². The summed E-state index contributed by atoms with van der Waals surface area (Å²) < 4.78 is 30.5. The number of carbonyl (C=O) groups is 2. The van der Waals surface area contributed by atoms with Gasteiger partial charge in [-0.15, -0.1) is 0 Å². The van der Waals surface area contributed by atoms with E-state index in [9.17, 15) is 18.0 Å². The van der Waals surface area contributed by atoms with E-state index in [4.69, 9.17) is 27.6 Å². The Morgan fingerprint density at radius 1 is 1.00 bits per heavy atom. The summed E-state index contributed by atoms with van der Waals surface area (Å²) in [6.45, 7) is 1.70. The van der Waals surface area contributed by atoms with Gasteiger partial charge in [-0.25, -0.2) is 18.4 Å². The van der Waals surface area contributed by atoms with Crippen molar-refractivity contribution < 1.29 is 22.4 Å². The minimum Gasteiger partial charge on any atom is -0.449 e. The molecule has 9 nitrogen and oxygen atoms in total. The summed E-state index contributed by atoms with van der Waals surface area (Å²) in [6.07, 6.45) is 1.40. The summed E-state index contributed by atoms with van der Waals surface area (Å²) in [4.78, 5) is 33.8. The van der Waals surface area contributed by atoms with Gasteiger partial charge >= 0.3 is 0 Å². The summed E-state index contributed by atoms with van der Waals surface area (Å²) in [5.41, 5.74) is 0.529. The lowest BCUT2D eigenvalue weighted by atomic mass is 10.2. The molecule has 0 fully saturated rings. The number of hydrogen-bond donors (Lipinski definition) is 2. The van der Waals surface area contributed by atoms with Crippen molar-refractivity contribution in [3.05, 3.63) is 76.2 Å². The average Bonchev–Trinajstić information content (AvgIpc) is 3.19. The third kappa shape index (κ3) is 5.29. The molecule has 180 valence electrons. The maximum Gasteiger partial charge on any atom is 0.293 e. The zero-order chi connectivity index (χ0) is 25.2. The molecule has 0 atom stereocenters. The molecule has 0 spiro atoms. The number of benzene rings is 2. The quantitative estimate of drug-likeness (QED) is 0.312. The number of anilines is 2. The number of rotatable bonds is 7. The number of sulfone groups is 1. The number of hydrogen-bond acceptors (Lipinski definition) is 7. The van der Waals surface area contributed by atoms with Crippen molar-refractivity contribution in [2.45, 2.75) is 18.5 Å². The minimum atomic E-state index is -3.79. The number of nitrogens with zero attached hydrogens (tertiary/aromatic N) is 2. The van der Waals surface area contributed by atoms with Crippen LogP contribution in [-0.4, -0.2) is 36.0 Å². The average molecular weight is 533 g/mol. The fraction of sp³-hybridized carbons (Fsp3) is 0.130. The number of nitrogens with one attached hydrogen (secondary N) is 2. The van der Waals surface area contributed by atoms with Crippen LogP contribution in [0.5, 0.6) is 0 Å². The number of carbonyl (C=O) groups excluding carboxylic acids is 2. The van der Waals surface area contributed by atoms with Crippen LogP contribution in [0.15, 0.2) is 64.3 Å². The van der Waals surface area contributed by atoms with Gasteiger partial charge in [0, 0.05) is 16.1 Å². The Morgan fingerprint density at radius 3 is 2.43 bits per heavy atom. The van der Waals surface area contributed by atoms with E-state index < -0.39 is 26.8 Å². The molecule has 0 aliphatic rings. The van der Waals surface area contributed by atoms with Crippen LogP contribution in [0.2, 0.25) is 10.0 Å². The third-order valence-electron chi connectivity index (χ3n) is 4.83. The molecule has 0 radical (unpaired) electrons. The Kier molecular flexibility index (Phi) is 7.06. The maximum absolute atomic E-state index is 13.1. The Balaban J connectivity index is 1.71. The second-order valence-electron chi connectivity index (χ2n) is 7.39. The molecule has 0 saturated carbocycles. The highest BCUT2D eigenvalue weighted by Crippen LogP contribution is 2.32. The molecule has 4 aromatic rings. The molecule has 2 amide bonds. The van der Waals surface area contributed by atoms with Crippen LogP contribution in [0, 0.1) is 0 Å². The number of fused-ring (bicyclic) bond motifs is 1. The first-order valence-corrected chi connectivity index (χ1v) is 12.8. The number of amides is 2. The van der Waals surface area contributed by atoms with Crippen molar-refractivity contribution in [1.82, 2.24) is 9.97 Å². The molecule has 2 heterocycles. The monoisotopic (exact) mass is 532 g/mol. The van der Waals surface area contributed by atoms with E-state index >= 15 is 0 Å². The first-order valence-electron chi connectivity index (χ1n) is 10.3. The molecular weight excluding hydrogens is 515 g/mol. The van der Waals surface area contributed by atoms with Crippen LogP contribution in [0.25, 0.3) is 11.0 Å². The van der Waals surface area contributed by atoms with Crippen LogP contribution in [0.1, 0.15) is 34.4 Å². The van der Waals surface area contributed by atoms with Crippen LogP contribution in [-0.2, 0) is 9.84 Å². The Bertz CT molecular complexity index is 1540. The molecule has 0 saturated heterocycles. The van der Waals surface area contributed by atoms with E-state index in [1.807, 2.05) is 0 Å². The van der Waals surface area contributed by atoms with Gasteiger partial charge in [-0.1, -0.05) is 42.3 Å². The van der Waals surface area contributed by atoms with Crippen molar-refractivity contribution in [2.75, 3.05) is 16.4 Å². The van der Waals surface area contributed by atoms with Crippen molar-refractivity contribution in [3.8, 4) is 0 Å². The molecule has 2 aromatic heterocycles. The highest BCUT2D eigenvalue weighted by atomic mass is 35.5. The maximum atomic E-state index is 13.1. The molecule has 4 rings (SSSR count).